The van der Waals surface area contributed by atoms with E-state index in [9.17, 15) is 4.79 Å². The zero-order valence-electron chi connectivity index (χ0n) is 9.51. The Balaban J connectivity index is 2.10. The van der Waals surface area contributed by atoms with E-state index in [1.165, 1.54) is 6.07 Å². The molecular formula is C13H9NO4. The summed E-state index contributed by atoms with van der Waals surface area (Å²) in [6, 6.07) is 8.93. The van der Waals surface area contributed by atoms with Gasteiger partial charge in [-0.15, -0.1) is 0 Å². The van der Waals surface area contributed by atoms with Crippen LogP contribution in [0.2, 0.25) is 0 Å². The molecule has 18 heavy (non-hydrogen) atoms. The van der Waals surface area contributed by atoms with Crippen LogP contribution < -0.4 is 0 Å². The molecule has 0 saturated carbocycles. The minimum absolute atomic E-state index is 0.137. The molecule has 2 heterocycles. The van der Waals surface area contributed by atoms with Gasteiger partial charge in [-0.25, -0.2) is 4.79 Å². The Morgan fingerprint density at radius 1 is 1.22 bits per heavy atom. The number of carboxylic acids is 1. The molecule has 3 aromatic rings. The van der Waals surface area contributed by atoms with Gasteiger partial charge in [0.15, 0.2) is 11.5 Å². The summed E-state index contributed by atoms with van der Waals surface area (Å²) in [5.74, 6) is -0.353. The number of furan rings is 1. The van der Waals surface area contributed by atoms with Gasteiger partial charge in [0.2, 0.25) is 5.76 Å². The van der Waals surface area contributed by atoms with Gasteiger partial charge in [-0.2, -0.15) is 0 Å². The number of hydrogen-bond acceptors (Lipinski definition) is 4. The van der Waals surface area contributed by atoms with Crippen molar-refractivity contribution in [2.45, 2.75) is 6.92 Å². The molecule has 1 aromatic carbocycles. The van der Waals surface area contributed by atoms with Gasteiger partial charge in [0.25, 0.3) is 0 Å². The van der Waals surface area contributed by atoms with Crippen LogP contribution in [0.3, 0.4) is 0 Å². The molecule has 0 aliphatic rings. The number of nitrogens with zero attached hydrogens (tertiary/aromatic N) is 1. The summed E-state index contributed by atoms with van der Waals surface area (Å²) in [4.78, 5) is 10.7. The molecule has 90 valence electrons. The van der Waals surface area contributed by atoms with Gasteiger partial charge in [-0.3, -0.25) is 0 Å². The van der Waals surface area contributed by atoms with Gasteiger partial charge in [-0.1, -0.05) is 16.8 Å². The number of rotatable bonds is 2. The maximum absolute atomic E-state index is 10.7. The molecule has 0 atom stereocenters. The molecule has 0 unspecified atom stereocenters. The molecule has 0 amide bonds. The van der Waals surface area contributed by atoms with E-state index in [-0.39, 0.29) is 5.69 Å². The summed E-state index contributed by atoms with van der Waals surface area (Å²) in [6.45, 7) is 1.99. The van der Waals surface area contributed by atoms with E-state index >= 15 is 0 Å². The molecule has 0 saturated heterocycles. The lowest BCUT2D eigenvalue weighted by atomic mass is 10.2. The van der Waals surface area contributed by atoms with Crippen LogP contribution in [0.1, 0.15) is 16.1 Å². The summed E-state index contributed by atoms with van der Waals surface area (Å²) in [5, 5.41) is 13.2. The third-order valence-electron chi connectivity index (χ3n) is 2.64. The molecule has 0 aliphatic carbocycles. The monoisotopic (exact) mass is 243 g/mol. The summed E-state index contributed by atoms with van der Waals surface area (Å²) >= 11 is 0. The van der Waals surface area contributed by atoms with Crippen LogP contribution in [0.5, 0.6) is 0 Å². The second-order valence-electron chi connectivity index (χ2n) is 4.03. The van der Waals surface area contributed by atoms with Crippen molar-refractivity contribution in [3.8, 4) is 11.5 Å². The van der Waals surface area contributed by atoms with Crippen LogP contribution in [0.4, 0.5) is 0 Å². The van der Waals surface area contributed by atoms with Crippen molar-refractivity contribution in [1.82, 2.24) is 5.16 Å². The van der Waals surface area contributed by atoms with Crippen LogP contribution in [0, 0.1) is 6.92 Å². The van der Waals surface area contributed by atoms with Crippen molar-refractivity contribution in [2.24, 2.45) is 0 Å². The molecule has 0 bridgehead atoms. The number of aromatic nitrogens is 1. The summed E-state index contributed by atoms with van der Waals surface area (Å²) in [7, 11) is 0. The number of carboxylic acid groups (broad SMARTS) is 1. The van der Waals surface area contributed by atoms with Crippen molar-refractivity contribution < 1.29 is 18.8 Å². The minimum Gasteiger partial charge on any atom is -0.476 e. The average Bonchev–Trinajstić information content (AvgIpc) is 2.93. The third kappa shape index (κ3) is 1.66. The van der Waals surface area contributed by atoms with Gasteiger partial charge < -0.3 is 14.0 Å². The number of hydrogen-bond donors (Lipinski definition) is 1. The third-order valence-corrected chi connectivity index (χ3v) is 2.64. The molecular weight excluding hydrogens is 234 g/mol. The summed E-state index contributed by atoms with van der Waals surface area (Å²) < 4.78 is 10.5. The lowest BCUT2D eigenvalue weighted by molar-refractivity contribution is 0.0686. The highest BCUT2D eigenvalue weighted by Crippen LogP contribution is 2.28. The molecule has 2 aromatic heterocycles. The normalized spacial score (nSPS) is 10.9. The summed E-state index contributed by atoms with van der Waals surface area (Å²) in [6.07, 6.45) is 0. The first kappa shape index (κ1) is 10.6. The van der Waals surface area contributed by atoms with E-state index in [0.717, 1.165) is 16.5 Å². The van der Waals surface area contributed by atoms with Crippen molar-refractivity contribution in [3.05, 3.63) is 41.6 Å². The average molecular weight is 243 g/mol. The molecule has 5 heteroatoms. The van der Waals surface area contributed by atoms with Crippen LogP contribution in [0.15, 0.2) is 39.3 Å². The second-order valence-corrected chi connectivity index (χ2v) is 4.03. The van der Waals surface area contributed by atoms with Crippen molar-refractivity contribution >= 4 is 16.9 Å². The Kier molecular flexibility index (Phi) is 2.19. The number of aryl methyl sites for hydroxylation is 1. The van der Waals surface area contributed by atoms with E-state index in [2.05, 4.69) is 5.16 Å². The highest BCUT2D eigenvalue weighted by molar-refractivity contribution is 5.87. The first-order valence-electron chi connectivity index (χ1n) is 5.34. The quantitative estimate of drug-likeness (QED) is 0.748. The van der Waals surface area contributed by atoms with E-state index < -0.39 is 5.97 Å². The Hall–Kier alpha value is -2.56. The molecule has 0 spiro atoms. The highest BCUT2D eigenvalue weighted by atomic mass is 16.5. The molecule has 5 nitrogen and oxygen atoms in total. The fourth-order valence-corrected chi connectivity index (χ4v) is 1.78. The van der Waals surface area contributed by atoms with Gasteiger partial charge in [0, 0.05) is 11.5 Å². The second kappa shape index (κ2) is 3.73. The van der Waals surface area contributed by atoms with E-state index in [4.69, 9.17) is 14.0 Å². The lowest BCUT2D eigenvalue weighted by Gasteiger charge is -1.89. The highest BCUT2D eigenvalue weighted by Gasteiger charge is 2.15. The van der Waals surface area contributed by atoms with Gasteiger partial charge in [0.1, 0.15) is 5.58 Å². The zero-order chi connectivity index (χ0) is 12.7. The predicted octanol–water partition coefficient (Wildman–Crippen LogP) is 3.09. The molecule has 1 N–H and O–H groups in total. The van der Waals surface area contributed by atoms with Crippen LogP contribution in [-0.2, 0) is 0 Å². The Labute approximate surface area is 102 Å². The molecule has 3 rings (SSSR count). The van der Waals surface area contributed by atoms with E-state index in [1.807, 2.05) is 25.1 Å². The molecule has 0 radical (unpaired) electrons. The SMILES string of the molecule is Cc1ccc2oc(-c3cc(C(=O)O)no3)cc2c1. The lowest BCUT2D eigenvalue weighted by Crippen LogP contribution is -1.94. The standard InChI is InChI=1S/C13H9NO4/c1-7-2-3-10-8(4-7)5-11(17-10)12-6-9(13(15)16)14-18-12/h2-6H,1H3,(H,15,16). The minimum atomic E-state index is -1.13. The van der Waals surface area contributed by atoms with Crippen molar-refractivity contribution in [3.63, 3.8) is 0 Å². The van der Waals surface area contributed by atoms with Crippen LogP contribution >= 0.6 is 0 Å². The largest absolute Gasteiger partial charge is 0.476 e. The number of benzene rings is 1. The van der Waals surface area contributed by atoms with E-state index in [0.29, 0.717) is 11.5 Å². The Morgan fingerprint density at radius 3 is 2.78 bits per heavy atom. The predicted molar refractivity (Wildman–Crippen MR) is 63.4 cm³/mol. The number of aromatic carboxylic acids is 1. The van der Waals surface area contributed by atoms with Crippen LogP contribution in [0.25, 0.3) is 22.5 Å². The first-order valence-corrected chi connectivity index (χ1v) is 5.34. The van der Waals surface area contributed by atoms with Crippen LogP contribution in [-0.4, -0.2) is 16.2 Å². The zero-order valence-corrected chi connectivity index (χ0v) is 9.51. The Morgan fingerprint density at radius 2 is 2.06 bits per heavy atom. The Bertz CT molecular complexity index is 738. The van der Waals surface area contributed by atoms with Gasteiger partial charge in [0.05, 0.1) is 0 Å². The number of fused-ring (bicyclic) bond motifs is 1. The smallest absolute Gasteiger partial charge is 0.358 e. The first-order chi connectivity index (χ1) is 8.63. The van der Waals surface area contributed by atoms with Gasteiger partial charge in [-0.05, 0) is 25.1 Å². The fraction of sp³-hybridized carbons (Fsp3) is 0.0769. The molecule has 0 aliphatic heterocycles. The topological polar surface area (TPSA) is 76.5 Å². The molecule has 0 fully saturated rings. The van der Waals surface area contributed by atoms with Crippen molar-refractivity contribution in [2.75, 3.05) is 0 Å². The number of carbonyl (C=O) groups is 1. The maximum atomic E-state index is 10.7. The van der Waals surface area contributed by atoms with Crippen molar-refractivity contribution in [1.29, 1.82) is 0 Å². The van der Waals surface area contributed by atoms with E-state index in [1.54, 1.807) is 6.07 Å². The maximum Gasteiger partial charge on any atom is 0.358 e. The summed E-state index contributed by atoms with van der Waals surface area (Å²) in [5.41, 5.74) is 1.71. The fourth-order valence-electron chi connectivity index (χ4n) is 1.78. The van der Waals surface area contributed by atoms with Gasteiger partial charge >= 0.3 is 5.97 Å².